The third-order valence-electron chi connectivity index (χ3n) is 3.57. The molecule has 1 aliphatic heterocycles. The van der Waals surface area contributed by atoms with Gasteiger partial charge in [-0.3, -0.25) is 4.90 Å². The van der Waals surface area contributed by atoms with Crippen molar-refractivity contribution < 1.29 is 14.3 Å². The summed E-state index contributed by atoms with van der Waals surface area (Å²) in [5.74, 6) is -0.285. The molecule has 0 bridgehead atoms. The number of carbonyl (C=O) groups excluding carboxylic acids is 1. The van der Waals surface area contributed by atoms with E-state index in [4.69, 9.17) is 9.47 Å². The first-order chi connectivity index (χ1) is 10.4. The van der Waals surface area contributed by atoms with Gasteiger partial charge in [-0.15, -0.1) is 0 Å². The van der Waals surface area contributed by atoms with Crippen LogP contribution in [0.3, 0.4) is 0 Å². The van der Waals surface area contributed by atoms with E-state index >= 15 is 0 Å². The molecule has 0 N–H and O–H groups in total. The van der Waals surface area contributed by atoms with Crippen molar-refractivity contribution in [1.82, 2.24) is 4.90 Å². The quantitative estimate of drug-likeness (QED) is 0.784. The van der Waals surface area contributed by atoms with Crippen molar-refractivity contribution in [3.05, 3.63) is 35.9 Å². The Bertz CT molecular complexity index is 467. The van der Waals surface area contributed by atoms with Crippen LogP contribution in [0.25, 0.3) is 0 Å². The van der Waals surface area contributed by atoms with E-state index in [2.05, 4.69) is 29.2 Å². The number of nitrogens with zero attached hydrogens (tertiary/aromatic N) is 1. The van der Waals surface area contributed by atoms with Crippen LogP contribution in [0, 0.1) is 0 Å². The number of hydrogen-bond donors (Lipinski definition) is 0. The van der Waals surface area contributed by atoms with E-state index in [1.165, 1.54) is 5.56 Å². The lowest BCUT2D eigenvalue weighted by Gasteiger charge is -2.32. The predicted molar refractivity (Wildman–Crippen MR) is 86.5 cm³/mol. The van der Waals surface area contributed by atoms with E-state index in [-0.39, 0.29) is 18.7 Å². The van der Waals surface area contributed by atoms with Gasteiger partial charge in [0.25, 0.3) is 0 Å². The Labute approximate surface area is 133 Å². The Morgan fingerprint density at radius 3 is 2.68 bits per heavy atom. The van der Waals surface area contributed by atoms with E-state index < -0.39 is 5.60 Å². The summed E-state index contributed by atoms with van der Waals surface area (Å²) in [4.78, 5) is 14.1. The monoisotopic (exact) mass is 305 g/mol. The van der Waals surface area contributed by atoms with Gasteiger partial charge < -0.3 is 9.47 Å². The maximum Gasteiger partial charge on any atom is 0.332 e. The summed E-state index contributed by atoms with van der Waals surface area (Å²) in [6.45, 7) is 8.54. The third kappa shape index (κ3) is 6.16. The number of ether oxygens (including phenoxy) is 2. The fourth-order valence-corrected chi connectivity index (χ4v) is 2.69. The largest absolute Gasteiger partial charge is 0.458 e. The number of carbonyl (C=O) groups is 1. The number of hydrogen-bond acceptors (Lipinski definition) is 4. The summed E-state index contributed by atoms with van der Waals surface area (Å²) in [5, 5.41) is 0. The molecular formula is C18H27NO3. The Hall–Kier alpha value is -1.39. The molecule has 1 aromatic carbocycles. The molecule has 1 aromatic rings. The zero-order valence-corrected chi connectivity index (χ0v) is 13.9. The number of esters is 1. The molecule has 0 radical (unpaired) electrons. The van der Waals surface area contributed by atoms with E-state index in [0.717, 1.165) is 32.5 Å². The van der Waals surface area contributed by atoms with E-state index in [1.807, 2.05) is 26.8 Å². The standard InChI is InChI=1S/C18H27NO3/c1-18(2,3)22-17(20)14-21-16-10-7-11-19(13-16)12-15-8-5-4-6-9-15/h4-6,8-9,16H,7,10-14H2,1-3H3/t16-/m1/s1. The first-order valence-electron chi connectivity index (χ1n) is 8.02. The second-order valence-corrected chi connectivity index (χ2v) is 6.88. The molecule has 0 saturated carbocycles. The van der Waals surface area contributed by atoms with E-state index in [0.29, 0.717) is 0 Å². The average molecular weight is 305 g/mol. The molecule has 122 valence electrons. The lowest BCUT2D eigenvalue weighted by Crippen LogP contribution is -2.40. The van der Waals surface area contributed by atoms with Crippen LogP contribution in [0.4, 0.5) is 0 Å². The van der Waals surface area contributed by atoms with Crippen LogP contribution in [-0.4, -0.2) is 42.3 Å². The Kier molecular flexibility index (Phi) is 5.98. The Morgan fingerprint density at radius 1 is 1.27 bits per heavy atom. The number of likely N-dealkylation sites (tertiary alicyclic amines) is 1. The topological polar surface area (TPSA) is 38.8 Å². The molecule has 1 atom stereocenters. The van der Waals surface area contributed by atoms with Gasteiger partial charge in [-0.05, 0) is 45.7 Å². The average Bonchev–Trinajstić information content (AvgIpc) is 2.45. The van der Waals surface area contributed by atoms with Gasteiger partial charge in [-0.25, -0.2) is 4.79 Å². The predicted octanol–water partition coefficient (Wildman–Crippen LogP) is 3.01. The van der Waals surface area contributed by atoms with Gasteiger partial charge >= 0.3 is 5.97 Å². The molecule has 0 amide bonds. The third-order valence-corrected chi connectivity index (χ3v) is 3.57. The van der Waals surface area contributed by atoms with Crippen molar-refractivity contribution in [2.45, 2.75) is 51.9 Å². The second-order valence-electron chi connectivity index (χ2n) is 6.88. The highest BCUT2D eigenvalue weighted by Crippen LogP contribution is 2.16. The highest BCUT2D eigenvalue weighted by molar-refractivity contribution is 5.71. The minimum atomic E-state index is -0.452. The summed E-state index contributed by atoms with van der Waals surface area (Å²) in [5.41, 5.74) is 0.863. The van der Waals surface area contributed by atoms with Crippen molar-refractivity contribution in [2.24, 2.45) is 0 Å². The second kappa shape index (κ2) is 7.75. The van der Waals surface area contributed by atoms with Crippen LogP contribution in [0.1, 0.15) is 39.2 Å². The van der Waals surface area contributed by atoms with Crippen LogP contribution in [0.5, 0.6) is 0 Å². The molecule has 4 nitrogen and oxygen atoms in total. The van der Waals surface area contributed by atoms with Gasteiger partial charge in [0, 0.05) is 13.1 Å². The summed E-state index contributed by atoms with van der Waals surface area (Å²) in [6.07, 6.45) is 2.23. The minimum absolute atomic E-state index is 0.0428. The molecule has 2 rings (SSSR count). The highest BCUT2D eigenvalue weighted by atomic mass is 16.6. The van der Waals surface area contributed by atoms with Gasteiger partial charge in [-0.2, -0.15) is 0 Å². The first kappa shape index (κ1) is 17.0. The van der Waals surface area contributed by atoms with Crippen LogP contribution in [-0.2, 0) is 20.8 Å². The van der Waals surface area contributed by atoms with E-state index in [9.17, 15) is 4.79 Å². The van der Waals surface area contributed by atoms with Crippen LogP contribution in [0.15, 0.2) is 30.3 Å². The molecule has 1 heterocycles. The van der Waals surface area contributed by atoms with Crippen LogP contribution >= 0.6 is 0 Å². The van der Waals surface area contributed by atoms with E-state index in [1.54, 1.807) is 0 Å². The normalized spacial score (nSPS) is 19.9. The summed E-state index contributed by atoms with van der Waals surface area (Å²) >= 11 is 0. The highest BCUT2D eigenvalue weighted by Gasteiger charge is 2.23. The van der Waals surface area contributed by atoms with Crippen molar-refractivity contribution in [1.29, 1.82) is 0 Å². The number of rotatable bonds is 5. The van der Waals surface area contributed by atoms with Crippen molar-refractivity contribution >= 4 is 5.97 Å². The zero-order valence-electron chi connectivity index (χ0n) is 13.9. The molecule has 1 saturated heterocycles. The van der Waals surface area contributed by atoms with Crippen molar-refractivity contribution in [2.75, 3.05) is 19.7 Å². The smallest absolute Gasteiger partial charge is 0.332 e. The van der Waals surface area contributed by atoms with Gasteiger partial charge in [0.15, 0.2) is 0 Å². The van der Waals surface area contributed by atoms with Crippen molar-refractivity contribution in [3.63, 3.8) is 0 Å². The van der Waals surface area contributed by atoms with Gasteiger partial charge in [0.1, 0.15) is 12.2 Å². The fourth-order valence-electron chi connectivity index (χ4n) is 2.69. The molecule has 1 fully saturated rings. The maximum atomic E-state index is 11.7. The minimum Gasteiger partial charge on any atom is -0.458 e. The molecule has 0 aliphatic carbocycles. The summed E-state index contributed by atoms with van der Waals surface area (Å²) in [6, 6.07) is 10.5. The Morgan fingerprint density at radius 2 is 2.00 bits per heavy atom. The SMILES string of the molecule is CC(C)(C)OC(=O)CO[C@@H]1CCCN(Cc2ccccc2)C1. The maximum absolute atomic E-state index is 11.7. The molecule has 0 spiro atoms. The first-order valence-corrected chi connectivity index (χ1v) is 8.02. The zero-order chi connectivity index (χ0) is 16.0. The molecule has 0 aromatic heterocycles. The van der Waals surface area contributed by atoms with Gasteiger partial charge in [-0.1, -0.05) is 30.3 Å². The van der Waals surface area contributed by atoms with Gasteiger partial charge in [0.05, 0.1) is 6.10 Å². The molecular weight excluding hydrogens is 278 g/mol. The molecule has 1 aliphatic rings. The van der Waals surface area contributed by atoms with Gasteiger partial charge in [0.2, 0.25) is 0 Å². The van der Waals surface area contributed by atoms with Crippen molar-refractivity contribution in [3.8, 4) is 0 Å². The molecule has 4 heteroatoms. The Balaban J connectivity index is 1.75. The molecule has 0 unspecified atom stereocenters. The fraction of sp³-hybridized carbons (Fsp3) is 0.611. The molecule has 22 heavy (non-hydrogen) atoms. The van der Waals surface area contributed by atoms with Crippen LogP contribution in [0.2, 0.25) is 0 Å². The summed E-state index contributed by atoms with van der Waals surface area (Å²) < 4.78 is 11.0. The summed E-state index contributed by atoms with van der Waals surface area (Å²) in [7, 11) is 0. The number of benzene rings is 1. The number of piperidine rings is 1. The van der Waals surface area contributed by atoms with Crippen LogP contribution < -0.4 is 0 Å². The lowest BCUT2D eigenvalue weighted by molar-refractivity contribution is -0.163. The lowest BCUT2D eigenvalue weighted by atomic mass is 10.1.